The molecule has 2 aromatic carbocycles. The lowest BCUT2D eigenvalue weighted by molar-refractivity contribution is -0.117. The number of anilines is 1. The van der Waals surface area contributed by atoms with E-state index in [1.165, 1.54) is 6.07 Å². The number of methoxy groups -OCH3 is 1. The zero-order chi connectivity index (χ0) is 18.5. The van der Waals surface area contributed by atoms with E-state index in [1.54, 1.807) is 25.3 Å². The van der Waals surface area contributed by atoms with Gasteiger partial charge in [0.2, 0.25) is 5.91 Å². The number of rotatable bonds is 5. The SMILES string of the molecule is COc1ccc(-c2ccc(=O)n(CC(=O)Nc3cccc(Br)c3)n2)cc1. The molecule has 0 saturated heterocycles. The van der Waals surface area contributed by atoms with Gasteiger partial charge in [0.05, 0.1) is 12.8 Å². The fourth-order valence-electron chi connectivity index (χ4n) is 2.38. The highest BCUT2D eigenvalue weighted by Gasteiger charge is 2.09. The van der Waals surface area contributed by atoms with Crippen molar-refractivity contribution in [1.29, 1.82) is 0 Å². The van der Waals surface area contributed by atoms with Crippen LogP contribution < -0.4 is 15.6 Å². The van der Waals surface area contributed by atoms with Crippen LogP contribution in [0.1, 0.15) is 0 Å². The summed E-state index contributed by atoms with van der Waals surface area (Å²) in [6, 6.07) is 17.6. The molecule has 0 aliphatic rings. The van der Waals surface area contributed by atoms with Crippen molar-refractivity contribution in [3.05, 3.63) is 75.5 Å². The number of nitrogens with zero attached hydrogens (tertiary/aromatic N) is 2. The molecular formula is C19H16BrN3O3. The predicted octanol–water partition coefficient (Wildman–Crippen LogP) is 3.32. The van der Waals surface area contributed by atoms with Crippen molar-refractivity contribution in [1.82, 2.24) is 9.78 Å². The molecule has 1 aromatic heterocycles. The molecular weight excluding hydrogens is 398 g/mol. The van der Waals surface area contributed by atoms with Crippen LogP contribution in [0.15, 0.2) is 69.9 Å². The number of benzene rings is 2. The molecule has 6 nitrogen and oxygen atoms in total. The Bertz CT molecular complexity index is 984. The van der Waals surface area contributed by atoms with Crippen molar-refractivity contribution in [3.8, 4) is 17.0 Å². The number of hydrogen-bond acceptors (Lipinski definition) is 4. The zero-order valence-electron chi connectivity index (χ0n) is 14.0. The molecule has 1 heterocycles. The van der Waals surface area contributed by atoms with E-state index in [4.69, 9.17) is 4.74 Å². The number of carbonyl (C=O) groups excluding carboxylic acids is 1. The van der Waals surface area contributed by atoms with Gasteiger partial charge in [0.15, 0.2) is 0 Å². The topological polar surface area (TPSA) is 73.2 Å². The minimum absolute atomic E-state index is 0.171. The minimum Gasteiger partial charge on any atom is -0.497 e. The van der Waals surface area contributed by atoms with Crippen molar-refractivity contribution in [2.24, 2.45) is 0 Å². The first-order valence-corrected chi connectivity index (χ1v) is 8.62. The van der Waals surface area contributed by atoms with E-state index in [0.717, 1.165) is 20.5 Å². The number of ether oxygens (including phenoxy) is 1. The fraction of sp³-hybridized carbons (Fsp3) is 0.105. The van der Waals surface area contributed by atoms with Crippen LogP contribution in [0.5, 0.6) is 5.75 Å². The molecule has 1 N–H and O–H groups in total. The molecule has 1 amide bonds. The summed E-state index contributed by atoms with van der Waals surface area (Å²) in [5, 5.41) is 7.04. The Morgan fingerprint density at radius 3 is 2.62 bits per heavy atom. The Morgan fingerprint density at radius 2 is 1.92 bits per heavy atom. The first-order valence-electron chi connectivity index (χ1n) is 7.83. The van der Waals surface area contributed by atoms with E-state index in [1.807, 2.05) is 36.4 Å². The van der Waals surface area contributed by atoms with Crippen molar-refractivity contribution in [2.75, 3.05) is 12.4 Å². The fourth-order valence-corrected chi connectivity index (χ4v) is 2.78. The Hall–Kier alpha value is -2.93. The molecule has 7 heteroatoms. The summed E-state index contributed by atoms with van der Waals surface area (Å²) in [6.07, 6.45) is 0. The van der Waals surface area contributed by atoms with Crippen LogP contribution in [0.25, 0.3) is 11.3 Å². The van der Waals surface area contributed by atoms with E-state index >= 15 is 0 Å². The quantitative estimate of drug-likeness (QED) is 0.695. The van der Waals surface area contributed by atoms with E-state index in [9.17, 15) is 9.59 Å². The van der Waals surface area contributed by atoms with Gasteiger partial charge in [-0.15, -0.1) is 0 Å². The largest absolute Gasteiger partial charge is 0.497 e. The number of nitrogens with one attached hydrogen (secondary N) is 1. The second-order valence-electron chi connectivity index (χ2n) is 5.50. The van der Waals surface area contributed by atoms with Gasteiger partial charge >= 0.3 is 0 Å². The highest BCUT2D eigenvalue weighted by Crippen LogP contribution is 2.19. The number of hydrogen-bond donors (Lipinski definition) is 1. The number of carbonyl (C=O) groups is 1. The summed E-state index contributed by atoms with van der Waals surface area (Å²) in [5.74, 6) is 0.403. The lowest BCUT2D eigenvalue weighted by Gasteiger charge is -2.09. The molecule has 0 radical (unpaired) electrons. The summed E-state index contributed by atoms with van der Waals surface area (Å²) in [7, 11) is 1.59. The Morgan fingerprint density at radius 1 is 1.15 bits per heavy atom. The summed E-state index contributed by atoms with van der Waals surface area (Å²) in [5.41, 5.74) is 1.73. The molecule has 132 valence electrons. The van der Waals surface area contributed by atoms with Crippen molar-refractivity contribution in [2.45, 2.75) is 6.54 Å². The highest BCUT2D eigenvalue weighted by molar-refractivity contribution is 9.10. The summed E-state index contributed by atoms with van der Waals surface area (Å²) in [4.78, 5) is 24.3. The summed E-state index contributed by atoms with van der Waals surface area (Å²) < 4.78 is 7.13. The average Bonchev–Trinajstić information content (AvgIpc) is 2.63. The molecule has 0 fully saturated rings. The molecule has 0 unspecified atom stereocenters. The second-order valence-corrected chi connectivity index (χ2v) is 6.42. The van der Waals surface area contributed by atoms with Crippen LogP contribution >= 0.6 is 15.9 Å². The Kier molecular flexibility index (Phi) is 5.48. The zero-order valence-corrected chi connectivity index (χ0v) is 15.6. The Balaban J connectivity index is 1.79. The second kappa shape index (κ2) is 7.97. The third-order valence-corrected chi connectivity index (χ3v) is 4.15. The van der Waals surface area contributed by atoms with Crippen LogP contribution in [0.4, 0.5) is 5.69 Å². The molecule has 26 heavy (non-hydrogen) atoms. The van der Waals surface area contributed by atoms with Crippen molar-refractivity contribution >= 4 is 27.5 Å². The average molecular weight is 414 g/mol. The first-order chi connectivity index (χ1) is 12.5. The maximum Gasteiger partial charge on any atom is 0.267 e. The van der Waals surface area contributed by atoms with Gasteiger partial charge in [-0.1, -0.05) is 22.0 Å². The molecule has 0 aliphatic heterocycles. The Labute approximate surface area is 158 Å². The van der Waals surface area contributed by atoms with Gasteiger partial charge in [-0.2, -0.15) is 5.10 Å². The van der Waals surface area contributed by atoms with Crippen molar-refractivity contribution in [3.63, 3.8) is 0 Å². The van der Waals surface area contributed by atoms with Gasteiger partial charge in [0.1, 0.15) is 12.3 Å². The molecule has 0 atom stereocenters. The molecule has 0 saturated carbocycles. The lowest BCUT2D eigenvalue weighted by Crippen LogP contribution is -2.29. The van der Waals surface area contributed by atoms with Gasteiger partial charge in [0, 0.05) is 21.8 Å². The van der Waals surface area contributed by atoms with E-state index in [2.05, 4.69) is 26.3 Å². The maximum absolute atomic E-state index is 12.2. The number of halogens is 1. The summed E-state index contributed by atoms with van der Waals surface area (Å²) >= 11 is 3.35. The normalized spacial score (nSPS) is 10.4. The van der Waals surface area contributed by atoms with Crippen LogP contribution in [-0.2, 0) is 11.3 Å². The van der Waals surface area contributed by atoms with E-state index < -0.39 is 0 Å². The minimum atomic E-state index is -0.341. The van der Waals surface area contributed by atoms with Gasteiger partial charge in [-0.05, 0) is 48.5 Å². The molecule has 0 bridgehead atoms. The van der Waals surface area contributed by atoms with Crippen LogP contribution in [0.2, 0.25) is 0 Å². The molecule has 3 rings (SSSR count). The first kappa shape index (κ1) is 17.9. The molecule has 0 spiro atoms. The van der Waals surface area contributed by atoms with Gasteiger partial charge in [0.25, 0.3) is 5.56 Å². The standard InChI is InChI=1S/C19H16BrN3O3/c1-26-16-7-5-13(6-8-16)17-9-10-19(25)23(22-17)12-18(24)21-15-4-2-3-14(20)11-15/h2-11H,12H2,1H3,(H,21,24). The van der Waals surface area contributed by atoms with Gasteiger partial charge in [-0.3, -0.25) is 9.59 Å². The molecule has 3 aromatic rings. The lowest BCUT2D eigenvalue weighted by atomic mass is 10.1. The van der Waals surface area contributed by atoms with Gasteiger partial charge < -0.3 is 10.1 Å². The monoisotopic (exact) mass is 413 g/mol. The van der Waals surface area contributed by atoms with Crippen LogP contribution in [0.3, 0.4) is 0 Å². The van der Waals surface area contributed by atoms with Crippen molar-refractivity contribution < 1.29 is 9.53 Å². The maximum atomic E-state index is 12.2. The third kappa shape index (κ3) is 4.37. The summed E-state index contributed by atoms with van der Waals surface area (Å²) in [6.45, 7) is -0.171. The van der Waals surface area contributed by atoms with Crippen LogP contribution in [0, 0.1) is 0 Å². The van der Waals surface area contributed by atoms with E-state index in [-0.39, 0.29) is 18.0 Å². The molecule has 0 aliphatic carbocycles. The van der Waals surface area contributed by atoms with Crippen LogP contribution in [-0.4, -0.2) is 22.8 Å². The third-order valence-electron chi connectivity index (χ3n) is 3.65. The van der Waals surface area contributed by atoms with E-state index in [0.29, 0.717) is 11.4 Å². The number of aromatic nitrogens is 2. The van der Waals surface area contributed by atoms with Gasteiger partial charge in [-0.25, -0.2) is 4.68 Å². The number of amides is 1. The highest BCUT2D eigenvalue weighted by atomic mass is 79.9. The smallest absolute Gasteiger partial charge is 0.267 e. The predicted molar refractivity (Wildman–Crippen MR) is 103 cm³/mol.